The van der Waals surface area contributed by atoms with Gasteiger partial charge in [0, 0.05) is 23.9 Å². The van der Waals surface area contributed by atoms with E-state index < -0.39 is 6.04 Å². The van der Waals surface area contributed by atoms with Crippen LogP contribution in [0.3, 0.4) is 0 Å². The minimum absolute atomic E-state index is 0.0885. The van der Waals surface area contributed by atoms with Gasteiger partial charge in [0.05, 0.1) is 23.9 Å². The van der Waals surface area contributed by atoms with Crippen LogP contribution in [0.15, 0.2) is 10.9 Å². The van der Waals surface area contributed by atoms with Gasteiger partial charge in [-0.1, -0.05) is 0 Å². The molecule has 116 valence electrons. The number of rotatable bonds is 4. The van der Waals surface area contributed by atoms with Crippen LogP contribution < -0.4 is 16.5 Å². The van der Waals surface area contributed by atoms with Crippen molar-refractivity contribution in [3.8, 4) is 0 Å². The molecule has 2 rings (SSSR count). The number of H-pyrrole nitrogens is 1. The predicted octanol–water partition coefficient (Wildman–Crippen LogP) is 0.887. The minimum Gasteiger partial charge on any atom is -0.369 e. The largest absolute Gasteiger partial charge is 0.369 e. The van der Waals surface area contributed by atoms with Crippen LogP contribution in [0, 0.1) is 6.92 Å². The molecule has 6 nitrogen and oxygen atoms in total. The number of nitrogens with one attached hydrogen (secondary N) is 2. The van der Waals surface area contributed by atoms with Crippen molar-refractivity contribution in [3.63, 3.8) is 0 Å². The molecule has 1 amide bonds. The number of carbonyl (C=O) groups excluding carboxylic acids is 1. The molecule has 2 heterocycles. The number of pyridine rings is 1. The lowest BCUT2D eigenvalue weighted by atomic mass is 10.0. The second-order valence-electron chi connectivity index (χ2n) is 5.73. The van der Waals surface area contributed by atoms with Crippen molar-refractivity contribution in [1.29, 1.82) is 0 Å². The summed E-state index contributed by atoms with van der Waals surface area (Å²) >= 11 is 0. The highest BCUT2D eigenvalue weighted by molar-refractivity contribution is 5.80. The molecule has 1 aliphatic heterocycles. The fraction of sp³-hybridized carbons (Fsp3) is 0.600. The Bertz CT molecular complexity index is 580. The van der Waals surface area contributed by atoms with Crippen molar-refractivity contribution >= 4 is 5.91 Å². The van der Waals surface area contributed by atoms with E-state index in [4.69, 9.17) is 10.5 Å². The molecule has 0 radical (unpaired) electrons. The topological polar surface area (TPSA) is 97.2 Å². The summed E-state index contributed by atoms with van der Waals surface area (Å²) in [7, 11) is 0. The van der Waals surface area contributed by atoms with Crippen LogP contribution in [-0.2, 0) is 16.1 Å². The lowest BCUT2D eigenvalue weighted by Gasteiger charge is -2.17. The zero-order valence-electron chi connectivity index (χ0n) is 12.7. The maximum atomic E-state index is 12.2. The summed E-state index contributed by atoms with van der Waals surface area (Å²) in [6.07, 6.45) is 1.90. The Morgan fingerprint density at radius 1 is 1.57 bits per heavy atom. The molecule has 0 aliphatic carbocycles. The van der Waals surface area contributed by atoms with E-state index in [0.29, 0.717) is 5.56 Å². The highest BCUT2D eigenvalue weighted by atomic mass is 16.5. The molecule has 0 aromatic carbocycles. The molecule has 1 saturated heterocycles. The smallest absolute Gasteiger partial charge is 0.236 e. The molecule has 3 atom stereocenters. The van der Waals surface area contributed by atoms with Crippen LogP contribution in [0.1, 0.15) is 49.7 Å². The van der Waals surface area contributed by atoms with Crippen LogP contribution in [0.25, 0.3) is 0 Å². The van der Waals surface area contributed by atoms with Crippen molar-refractivity contribution in [3.05, 3.63) is 33.2 Å². The van der Waals surface area contributed by atoms with Crippen LogP contribution in [0.2, 0.25) is 0 Å². The van der Waals surface area contributed by atoms with E-state index in [1.54, 1.807) is 6.92 Å². The molecule has 1 aromatic rings. The second-order valence-corrected chi connectivity index (χ2v) is 5.73. The van der Waals surface area contributed by atoms with Gasteiger partial charge in [-0.3, -0.25) is 9.59 Å². The summed E-state index contributed by atoms with van der Waals surface area (Å²) in [6, 6.07) is 0.940. The second kappa shape index (κ2) is 6.41. The van der Waals surface area contributed by atoms with Crippen LogP contribution >= 0.6 is 0 Å². The van der Waals surface area contributed by atoms with Gasteiger partial charge < -0.3 is 20.8 Å². The SMILES string of the molecule is Cc1cc(=O)c(CNC(=O)[C@H](C)N)c(C2CCC(C)O2)[nH]1. The maximum absolute atomic E-state index is 12.2. The summed E-state index contributed by atoms with van der Waals surface area (Å²) in [6.45, 7) is 5.63. The fourth-order valence-corrected chi connectivity index (χ4v) is 2.55. The molecule has 1 aromatic heterocycles. The molecular formula is C15H23N3O3. The van der Waals surface area contributed by atoms with Gasteiger partial charge in [0.15, 0.2) is 5.43 Å². The number of ether oxygens (including phenoxy) is 1. The molecule has 1 aliphatic rings. The summed E-state index contributed by atoms with van der Waals surface area (Å²) in [4.78, 5) is 27.0. The first-order valence-electron chi connectivity index (χ1n) is 7.30. The average Bonchev–Trinajstić information content (AvgIpc) is 2.83. The number of hydrogen-bond acceptors (Lipinski definition) is 4. The zero-order chi connectivity index (χ0) is 15.6. The summed E-state index contributed by atoms with van der Waals surface area (Å²) in [5.41, 5.74) is 7.54. The molecular weight excluding hydrogens is 270 g/mol. The summed E-state index contributed by atoms with van der Waals surface area (Å²) < 4.78 is 5.84. The third-order valence-corrected chi connectivity index (χ3v) is 3.71. The molecule has 0 bridgehead atoms. The van der Waals surface area contributed by atoms with Gasteiger partial charge in [-0.2, -0.15) is 0 Å². The van der Waals surface area contributed by atoms with Crippen LogP contribution in [0.4, 0.5) is 0 Å². The third kappa shape index (κ3) is 3.71. The minimum atomic E-state index is -0.597. The van der Waals surface area contributed by atoms with E-state index in [-0.39, 0.29) is 30.1 Å². The molecule has 2 unspecified atom stereocenters. The third-order valence-electron chi connectivity index (χ3n) is 3.71. The zero-order valence-corrected chi connectivity index (χ0v) is 12.7. The monoisotopic (exact) mass is 293 g/mol. The van der Waals surface area contributed by atoms with Crippen LogP contribution in [-0.4, -0.2) is 23.0 Å². The molecule has 4 N–H and O–H groups in total. The predicted molar refractivity (Wildman–Crippen MR) is 79.8 cm³/mol. The van der Waals surface area contributed by atoms with E-state index in [1.807, 2.05) is 13.8 Å². The standard InChI is InChI=1S/C15H23N3O3/c1-8-6-12(19)11(7-17-15(20)10(3)16)14(18-8)13-5-4-9(2)21-13/h6,9-10,13H,4-5,7,16H2,1-3H3,(H,17,20)(H,18,19)/t9?,10-,13?/m0/s1. The summed E-state index contributed by atoms with van der Waals surface area (Å²) in [5, 5.41) is 2.69. The Labute approximate surface area is 124 Å². The highest BCUT2D eigenvalue weighted by Crippen LogP contribution is 2.32. The maximum Gasteiger partial charge on any atom is 0.236 e. The molecule has 1 fully saturated rings. The summed E-state index contributed by atoms with van der Waals surface area (Å²) in [5.74, 6) is -0.276. The number of aromatic amines is 1. The van der Waals surface area contributed by atoms with Gasteiger partial charge in [-0.25, -0.2) is 0 Å². The van der Waals surface area contributed by atoms with Gasteiger partial charge in [0.25, 0.3) is 0 Å². The van der Waals surface area contributed by atoms with Gasteiger partial charge in [-0.15, -0.1) is 0 Å². The van der Waals surface area contributed by atoms with E-state index in [1.165, 1.54) is 6.07 Å². The Balaban J connectivity index is 2.26. The Hall–Kier alpha value is -1.66. The highest BCUT2D eigenvalue weighted by Gasteiger charge is 2.27. The lowest BCUT2D eigenvalue weighted by Crippen LogP contribution is -2.39. The number of carbonyl (C=O) groups is 1. The molecule has 0 spiro atoms. The van der Waals surface area contributed by atoms with Crippen molar-refractivity contribution in [2.45, 2.75) is 58.4 Å². The van der Waals surface area contributed by atoms with Crippen molar-refractivity contribution in [2.24, 2.45) is 5.73 Å². The molecule has 21 heavy (non-hydrogen) atoms. The molecule has 6 heteroatoms. The van der Waals surface area contributed by atoms with Crippen LogP contribution in [0.5, 0.6) is 0 Å². The first-order chi connectivity index (χ1) is 9.88. The number of amides is 1. The van der Waals surface area contributed by atoms with Gasteiger partial charge in [0.2, 0.25) is 5.91 Å². The number of hydrogen-bond donors (Lipinski definition) is 3. The number of aryl methyl sites for hydroxylation is 1. The number of nitrogens with two attached hydrogens (primary N) is 1. The van der Waals surface area contributed by atoms with Crippen molar-refractivity contribution < 1.29 is 9.53 Å². The van der Waals surface area contributed by atoms with Crippen molar-refractivity contribution in [1.82, 2.24) is 10.3 Å². The Morgan fingerprint density at radius 3 is 2.86 bits per heavy atom. The van der Waals surface area contributed by atoms with Crippen molar-refractivity contribution in [2.75, 3.05) is 0 Å². The van der Waals surface area contributed by atoms with Gasteiger partial charge >= 0.3 is 0 Å². The van der Waals surface area contributed by atoms with Gasteiger partial charge in [0.1, 0.15) is 0 Å². The van der Waals surface area contributed by atoms with E-state index in [2.05, 4.69) is 10.3 Å². The fourth-order valence-electron chi connectivity index (χ4n) is 2.55. The van der Waals surface area contributed by atoms with E-state index >= 15 is 0 Å². The Morgan fingerprint density at radius 2 is 2.29 bits per heavy atom. The molecule has 0 saturated carbocycles. The first-order valence-corrected chi connectivity index (χ1v) is 7.30. The van der Waals surface area contributed by atoms with E-state index in [0.717, 1.165) is 24.2 Å². The normalized spacial score (nSPS) is 23.0. The van der Waals surface area contributed by atoms with E-state index in [9.17, 15) is 9.59 Å². The number of aromatic nitrogens is 1. The average molecular weight is 293 g/mol. The van der Waals surface area contributed by atoms with Gasteiger partial charge in [-0.05, 0) is 33.6 Å². The first kappa shape index (κ1) is 15.7. The lowest BCUT2D eigenvalue weighted by molar-refractivity contribution is -0.122. The quantitative estimate of drug-likeness (QED) is 0.768. The Kier molecular flexibility index (Phi) is 4.80.